The average Bonchev–Trinajstić information content (AvgIpc) is 2.90. The molecule has 3 N–H and O–H groups in total. The van der Waals surface area contributed by atoms with Gasteiger partial charge in [-0.2, -0.15) is 0 Å². The van der Waals surface area contributed by atoms with Crippen LogP contribution in [-0.2, 0) is 4.79 Å². The van der Waals surface area contributed by atoms with E-state index in [1.165, 1.54) is 11.3 Å². The number of thiophene rings is 1. The molecule has 1 unspecified atom stereocenters. The number of aliphatic hydroxyl groups is 1. The molecule has 2 amide bonds. The maximum absolute atomic E-state index is 11.8. The Bertz CT molecular complexity index is 610. The van der Waals surface area contributed by atoms with E-state index in [2.05, 4.69) is 10.9 Å². The van der Waals surface area contributed by atoms with Crippen molar-refractivity contribution in [3.8, 4) is 0 Å². The van der Waals surface area contributed by atoms with Crippen molar-refractivity contribution < 1.29 is 14.7 Å². The molecule has 6 heteroatoms. The van der Waals surface area contributed by atoms with Crippen LogP contribution < -0.4 is 10.9 Å². The van der Waals surface area contributed by atoms with E-state index in [0.717, 1.165) is 5.56 Å². The summed E-state index contributed by atoms with van der Waals surface area (Å²) in [5, 5.41) is 11.6. The van der Waals surface area contributed by atoms with Gasteiger partial charge in [-0.05, 0) is 29.5 Å². The first kappa shape index (κ1) is 14.2. The van der Waals surface area contributed by atoms with E-state index < -0.39 is 17.9 Å². The highest BCUT2D eigenvalue weighted by molar-refractivity contribution is 7.12. The molecule has 0 aliphatic heterocycles. The summed E-state index contributed by atoms with van der Waals surface area (Å²) in [7, 11) is 0. The minimum absolute atomic E-state index is 0.397. The second kappa shape index (κ2) is 6.31. The minimum Gasteiger partial charge on any atom is -0.378 e. The molecule has 0 aliphatic carbocycles. The number of hydrazine groups is 1. The van der Waals surface area contributed by atoms with Crippen molar-refractivity contribution in [3.63, 3.8) is 0 Å². The highest BCUT2D eigenvalue weighted by Crippen LogP contribution is 2.15. The van der Waals surface area contributed by atoms with Gasteiger partial charge in [0.05, 0.1) is 4.88 Å². The monoisotopic (exact) mass is 290 g/mol. The molecular weight excluding hydrogens is 276 g/mol. The number of hydrogen-bond acceptors (Lipinski definition) is 4. The molecule has 2 aromatic rings. The number of benzene rings is 1. The van der Waals surface area contributed by atoms with Crippen molar-refractivity contribution in [2.75, 3.05) is 0 Å². The molecule has 0 radical (unpaired) electrons. The number of rotatable bonds is 3. The van der Waals surface area contributed by atoms with Gasteiger partial charge in [-0.1, -0.05) is 30.3 Å². The van der Waals surface area contributed by atoms with Crippen LogP contribution >= 0.6 is 11.3 Å². The van der Waals surface area contributed by atoms with Gasteiger partial charge >= 0.3 is 0 Å². The van der Waals surface area contributed by atoms with E-state index in [-0.39, 0.29) is 0 Å². The van der Waals surface area contributed by atoms with Crippen LogP contribution in [0.2, 0.25) is 0 Å². The lowest BCUT2D eigenvalue weighted by Gasteiger charge is -2.12. The van der Waals surface area contributed by atoms with Gasteiger partial charge < -0.3 is 5.11 Å². The number of aryl methyl sites for hydroxylation is 1. The zero-order valence-electron chi connectivity index (χ0n) is 10.8. The Hall–Kier alpha value is -2.18. The number of hydrogen-bond donors (Lipinski definition) is 3. The maximum Gasteiger partial charge on any atom is 0.280 e. The van der Waals surface area contributed by atoms with Crippen LogP contribution in [0.1, 0.15) is 26.9 Å². The molecule has 5 nitrogen and oxygen atoms in total. The fraction of sp³-hybridized carbons (Fsp3) is 0.143. The molecule has 1 heterocycles. The molecule has 1 aromatic heterocycles. The van der Waals surface area contributed by atoms with Crippen LogP contribution in [0.3, 0.4) is 0 Å². The first-order valence-electron chi connectivity index (χ1n) is 5.97. The molecule has 0 fully saturated rings. The minimum atomic E-state index is -1.32. The quantitative estimate of drug-likeness (QED) is 0.750. The van der Waals surface area contributed by atoms with E-state index in [9.17, 15) is 14.7 Å². The summed E-state index contributed by atoms with van der Waals surface area (Å²) in [6.07, 6.45) is -1.32. The zero-order valence-corrected chi connectivity index (χ0v) is 11.6. The lowest BCUT2D eigenvalue weighted by Crippen LogP contribution is -2.43. The molecule has 0 spiro atoms. The van der Waals surface area contributed by atoms with Gasteiger partial charge in [-0.25, -0.2) is 0 Å². The third-order valence-corrected chi connectivity index (χ3v) is 3.75. The molecule has 2 rings (SSSR count). The number of aliphatic hydroxyl groups excluding tert-OH is 1. The first-order chi connectivity index (χ1) is 9.59. The standard InChI is InChI=1S/C14H14N2O3S/c1-9-7-8-20-12(9)14(19)16-15-13(18)11(17)10-5-3-2-4-6-10/h2-8,11,17H,1H3,(H,15,18)(H,16,19). The van der Waals surface area contributed by atoms with Gasteiger partial charge in [0.1, 0.15) is 0 Å². The van der Waals surface area contributed by atoms with E-state index in [4.69, 9.17) is 0 Å². The first-order valence-corrected chi connectivity index (χ1v) is 6.85. The van der Waals surface area contributed by atoms with Crippen LogP contribution in [0, 0.1) is 6.92 Å². The fourth-order valence-corrected chi connectivity index (χ4v) is 2.46. The van der Waals surface area contributed by atoms with Crippen LogP contribution in [0.5, 0.6) is 0 Å². The highest BCUT2D eigenvalue weighted by atomic mass is 32.1. The van der Waals surface area contributed by atoms with Crippen LogP contribution in [-0.4, -0.2) is 16.9 Å². The fourth-order valence-electron chi connectivity index (χ4n) is 1.64. The lowest BCUT2D eigenvalue weighted by molar-refractivity contribution is -0.130. The SMILES string of the molecule is Cc1ccsc1C(=O)NNC(=O)C(O)c1ccccc1. The lowest BCUT2D eigenvalue weighted by atomic mass is 10.1. The van der Waals surface area contributed by atoms with Crippen molar-refractivity contribution in [1.29, 1.82) is 0 Å². The second-order valence-corrected chi connectivity index (χ2v) is 5.11. The van der Waals surface area contributed by atoms with Crippen molar-refractivity contribution in [1.82, 2.24) is 10.9 Å². The Labute approximate surface area is 120 Å². The number of amides is 2. The number of carbonyl (C=O) groups excluding carboxylic acids is 2. The number of carbonyl (C=O) groups is 2. The Morgan fingerprint density at radius 3 is 2.45 bits per heavy atom. The topological polar surface area (TPSA) is 78.4 Å². The molecule has 20 heavy (non-hydrogen) atoms. The Morgan fingerprint density at radius 1 is 1.15 bits per heavy atom. The molecule has 0 bridgehead atoms. The van der Waals surface area contributed by atoms with Crippen LogP contribution in [0.15, 0.2) is 41.8 Å². The summed E-state index contributed by atoms with van der Waals surface area (Å²) in [6.45, 7) is 1.81. The Morgan fingerprint density at radius 2 is 1.85 bits per heavy atom. The normalized spacial score (nSPS) is 11.7. The van der Waals surface area contributed by atoms with E-state index in [0.29, 0.717) is 10.4 Å². The summed E-state index contributed by atoms with van der Waals surface area (Å²) in [5.41, 5.74) is 5.81. The summed E-state index contributed by atoms with van der Waals surface area (Å²) in [4.78, 5) is 24.1. The summed E-state index contributed by atoms with van der Waals surface area (Å²) in [5.74, 6) is -1.08. The molecule has 0 aliphatic rings. The van der Waals surface area contributed by atoms with Crippen molar-refractivity contribution in [3.05, 3.63) is 57.8 Å². The number of nitrogens with one attached hydrogen (secondary N) is 2. The van der Waals surface area contributed by atoms with Crippen molar-refractivity contribution in [2.24, 2.45) is 0 Å². The van der Waals surface area contributed by atoms with E-state index in [1.54, 1.807) is 35.7 Å². The Balaban J connectivity index is 1.93. The predicted molar refractivity (Wildman–Crippen MR) is 76.1 cm³/mol. The van der Waals surface area contributed by atoms with E-state index in [1.807, 2.05) is 13.0 Å². The smallest absolute Gasteiger partial charge is 0.280 e. The van der Waals surface area contributed by atoms with Gasteiger partial charge in [0.2, 0.25) is 0 Å². The predicted octanol–water partition coefficient (Wildman–Crippen LogP) is 1.55. The van der Waals surface area contributed by atoms with Crippen LogP contribution in [0.25, 0.3) is 0 Å². The molecular formula is C14H14N2O3S. The second-order valence-electron chi connectivity index (χ2n) is 4.19. The van der Waals surface area contributed by atoms with Crippen LogP contribution in [0.4, 0.5) is 0 Å². The van der Waals surface area contributed by atoms with Crippen molar-refractivity contribution >= 4 is 23.2 Å². The summed E-state index contributed by atoms with van der Waals surface area (Å²) in [6, 6.07) is 10.3. The summed E-state index contributed by atoms with van der Waals surface area (Å²) < 4.78 is 0. The van der Waals surface area contributed by atoms with E-state index >= 15 is 0 Å². The third-order valence-electron chi connectivity index (χ3n) is 2.73. The van der Waals surface area contributed by atoms with Gasteiger partial charge in [0.15, 0.2) is 6.10 Å². The maximum atomic E-state index is 11.8. The van der Waals surface area contributed by atoms with Crippen molar-refractivity contribution in [2.45, 2.75) is 13.0 Å². The van der Waals surface area contributed by atoms with Gasteiger partial charge in [-0.3, -0.25) is 20.4 Å². The Kier molecular flexibility index (Phi) is 4.49. The average molecular weight is 290 g/mol. The highest BCUT2D eigenvalue weighted by Gasteiger charge is 2.18. The summed E-state index contributed by atoms with van der Waals surface area (Å²) >= 11 is 1.29. The van der Waals surface area contributed by atoms with Gasteiger partial charge in [0.25, 0.3) is 11.8 Å². The largest absolute Gasteiger partial charge is 0.378 e. The van der Waals surface area contributed by atoms with Gasteiger partial charge in [0, 0.05) is 0 Å². The molecule has 0 saturated carbocycles. The third kappa shape index (κ3) is 3.23. The molecule has 104 valence electrons. The van der Waals surface area contributed by atoms with Gasteiger partial charge in [-0.15, -0.1) is 11.3 Å². The molecule has 1 aromatic carbocycles. The molecule has 0 saturated heterocycles. The molecule has 1 atom stereocenters. The zero-order chi connectivity index (χ0) is 14.5.